The largest absolute Gasteiger partial charge is 0.312 e. The van der Waals surface area contributed by atoms with Crippen LogP contribution in [0.5, 0.6) is 0 Å². The van der Waals surface area contributed by atoms with Crippen molar-refractivity contribution in [3.63, 3.8) is 0 Å². The minimum Gasteiger partial charge on any atom is -0.312 e. The summed E-state index contributed by atoms with van der Waals surface area (Å²) in [6.45, 7) is 4.26. The molecule has 1 N–H and O–H groups in total. The predicted molar refractivity (Wildman–Crippen MR) is 98.0 cm³/mol. The Labute approximate surface area is 148 Å². The normalized spacial score (nSPS) is 15.0. The molecule has 1 amide bonds. The van der Waals surface area contributed by atoms with Crippen molar-refractivity contribution in [3.8, 4) is 0 Å². The second-order valence-corrected chi connectivity index (χ2v) is 7.91. The van der Waals surface area contributed by atoms with Crippen molar-refractivity contribution in [1.82, 2.24) is 4.72 Å². The maximum absolute atomic E-state index is 12.7. The Morgan fingerprint density at radius 2 is 1.92 bits per heavy atom. The number of nitrogens with zero attached hydrogens (tertiary/aromatic N) is 1. The van der Waals surface area contributed by atoms with Crippen LogP contribution in [-0.4, -0.2) is 20.9 Å². The lowest BCUT2D eigenvalue weighted by atomic mass is 10.1. The number of nitrogens with one attached hydrogen (secondary N) is 1. The van der Waals surface area contributed by atoms with E-state index in [4.69, 9.17) is 0 Å². The molecule has 1 atom stereocenters. The molecule has 1 aliphatic heterocycles. The molecular formula is C19H22N2O3S. The number of rotatable bonds is 5. The summed E-state index contributed by atoms with van der Waals surface area (Å²) in [6, 6.07) is 14.1. The third-order valence-corrected chi connectivity index (χ3v) is 6.03. The van der Waals surface area contributed by atoms with Crippen LogP contribution in [-0.2, 0) is 21.2 Å². The fraction of sp³-hybridized carbons (Fsp3) is 0.316. The quantitative estimate of drug-likeness (QED) is 0.893. The van der Waals surface area contributed by atoms with Crippen molar-refractivity contribution in [2.75, 3.05) is 11.4 Å². The highest BCUT2D eigenvalue weighted by Crippen LogP contribution is 2.31. The summed E-state index contributed by atoms with van der Waals surface area (Å²) in [6.07, 6.45) is 1.12. The van der Waals surface area contributed by atoms with Crippen LogP contribution in [0.15, 0.2) is 53.4 Å². The van der Waals surface area contributed by atoms with Crippen LogP contribution in [0.3, 0.4) is 0 Å². The van der Waals surface area contributed by atoms with E-state index >= 15 is 0 Å². The summed E-state index contributed by atoms with van der Waals surface area (Å²) in [4.78, 5) is 13.9. The van der Waals surface area contributed by atoms with Gasteiger partial charge in [0.2, 0.25) is 15.9 Å². The molecule has 0 fully saturated rings. The molecule has 0 aromatic heterocycles. The van der Waals surface area contributed by atoms with Gasteiger partial charge < -0.3 is 4.90 Å². The first-order valence-corrected chi connectivity index (χ1v) is 9.91. The summed E-state index contributed by atoms with van der Waals surface area (Å²) < 4.78 is 28.1. The highest BCUT2D eigenvalue weighted by molar-refractivity contribution is 7.89. The lowest BCUT2D eigenvalue weighted by Crippen LogP contribution is -2.28. The van der Waals surface area contributed by atoms with E-state index in [0.717, 1.165) is 16.8 Å². The van der Waals surface area contributed by atoms with Gasteiger partial charge in [0.25, 0.3) is 0 Å². The second kappa shape index (κ2) is 6.98. The summed E-state index contributed by atoms with van der Waals surface area (Å²) in [5.74, 6) is 0.0604. The first kappa shape index (κ1) is 17.6. The van der Waals surface area contributed by atoms with Gasteiger partial charge in [-0.25, -0.2) is 13.1 Å². The second-order valence-electron chi connectivity index (χ2n) is 6.19. The molecule has 0 saturated carbocycles. The zero-order valence-corrected chi connectivity index (χ0v) is 15.2. The smallest absolute Gasteiger partial charge is 0.241 e. The van der Waals surface area contributed by atoms with E-state index in [2.05, 4.69) is 4.72 Å². The molecule has 0 bridgehead atoms. The zero-order chi connectivity index (χ0) is 18.0. The molecule has 0 saturated heterocycles. The van der Waals surface area contributed by atoms with Crippen LogP contribution in [0.1, 0.15) is 37.4 Å². The van der Waals surface area contributed by atoms with Gasteiger partial charge in [-0.05, 0) is 42.7 Å². The van der Waals surface area contributed by atoms with Gasteiger partial charge in [0.05, 0.1) is 4.90 Å². The minimum absolute atomic E-state index is 0.0604. The Balaban J connectivity index is 1.83. The Morgan fingerprint density at radius 1 is 1.20 bits per heavy atom. The molecule has 25 heavy (non-hydrogen) atoms. The maximum Gasteiger partial charge on any atom is 0.241 e. The SMILES string of the molecule is CCC(=O)N1CCc2cc(S(=O)(=O)N[C@@H](C)c3ccccc3)ccc21. The van der Waals surface area contributed by atoms with Crippen LogP contribution in [0.4, 0.5) is 5.69 Å². The number of carbonyl (C=O) groups excluding carboxylic acids is 1. The molecule has 0 aliphatic carbocycles. The lowest BCUT2D eigenvalue weighted by Gasteiger charge is -2.17. The molecule has 1 aliphatic rings. The number of hydrogen-bond acceptors (Lipinski definition) is 3. The van der Waals surface area contributed by atoms with Crippen LogP contribution in [0, 0.1) is 0 Å². The number of benzene rings is 2. The molecule has 2 aromatic rings. The van der Waals surface area contributed by atoms with E-state index < -0.39 is 10.0 Å². The van der Waals surface area contributed by atoms with Crippen molar-refractivity contribution < 1.29 is 13.2 Å². The Hall–Kier alpha value is -2.18. The Kier molecular flexibility index (Phi) is 4.92. The van der Waals surface area contributed by atoms with Gasteiger partial charge >= 0.3 is 0 Å². The van der Waals surface area contributed by atoms with Gasteiger partial charge in [-0.2, -0.15) is 0 Å². The highest BCUT2D eigenvalue weighted by Gasteiger charge is 2.26. The first-order chi connectivity index (χ1) is 11.9. The minimum atomic E-state index is -3.63. The molecule has 3 rings (SSSR count). The van der Waals surface area contributed by atoms with E-state index in [0.29, 0.717) is 19.4 Å². The van der Waals surface area contributed by atoms with E-state index in [1.54, 1.807) is 23.1 Å². The van der Waals surface area contributed by atoms with Crippen molar-refractivity contribution >= 4 is 21.6 Å². The van der Waals surface area contributed by atoms with Crippen molar-refractivity contribution in [2.45, 2.75) is 37.6 Å². The van der Waals surface area contributed by atoms with Crippen molar-refractivity contribution in [2.24, 2.45) is 0 Å². The fourth-order valence-corrected chi connectivity index (χ4v) is 4.39. The third-order valence-electron chi connectivity index (χ3n) is 4.49. The van der Waals surface area contributed by atoms with Crippen molar-refractivity contribution in [3.05, 3.63) is 59.7 Å². The van der Waals surface area contributed by atoms with E-state index in [1.165, 1.54) is 0 Å². The summed E-state index contributed by atoms with van der Waals surface area (Å²) in [5, 5.41) is 0. The molecule has 0 unspecified atom stereocenters. The molecule has 6 heteroatoms. The van der Waals surface area contributed by atoms with E-state index in [-0.39, 0.29) is 16.8 Å². The van der Waals surface area contributed by atoms with Gasteiger partial charge in [-0.1, -0.05) is 37.3 Å². The highest BCUT2D eigenvalue weighted by atomic mass is 32.2. The molecule has 0 radical (unpaired) electrons. The average molecular weight is 358 g/mol. The molecular weight excluding hydrogens is 336 g/mol. The topological polar surface area (TPSA) is 66.5 Å². The molecule has 0 spiro atoms. The predicted octanol–water partition coefficient (Wildman–Crippen LogP) is 3.03. The van der Waals surface area contributed by atoms with Gasteiger partial charge in [-0.15, -0.1) is 0 Å². The fourth-order valence-electron chi connectivity index (χ4n) is 3.11. The Morgan fingerprint density at radius 3 is 2.60 bits per heavy atom. The summed E-state index contributed by atoms with van der Waals surface area (Å²) >= 11 is 0. The lowest BCUT2D eigenvalue weighted by molar-refractivity contribution is -0.118. The summed E-state index contributed by atoms with van der Waals surface area (Å²) in [7, 11) is -3.63. The zero-order valence-electron chi connectivity index (χ0n) is 14.4. The molecule has 5 nitrogen and oxygen atoms in total. The molecule has 2 aromatic carbocycles. The van der Waals surface area contributed by atoms with Crippen LogP contribution in [0.25, 0.3) is 0 Å². The molecule has 132 valence electrons. The van der Waals surface area contributed by atoms with Crippen LogP contribution < -0.4 is 9.62 Å². The van der Waals surface area contributed by atoms with E-state index in [9.17, 15) is 13.2 Å². The van der Waals surface area contributed by atoms with Gasteiger partial charge in [0.1, 0.15) is 0 Å². The monoisotopic (exact) mass is 358 g/mol. The van der Waals surface area contributed by atoms with Gasteiger partial charge in [0.15, 0.2) is 0 Å². The number of carbonyl (C=O) groups is 1. The Bertz CT molecular complexity index is 879. The number of sulfonamides is 1. The third kappa shape index (κ3) is 3.60. The van der Waals surface area contributed by atoms with Crippen LogP contribution in [0.2, 0.25) is 0 Å². The van der Waals surface area contributed by atoms with Crippen molar-refractivity contribution in [1.29, 1.82) is 0 Å². The summed E-state index contributed by atoms with van der Waals surface area (Å²) in [5.41, 5.74) is 2.63. The molecule has 1 heterocycles. The number of anilines is 1. The number of fused-ring (bicyclic) bond motifs is 1. The maximum atomic E-state index is 12.7. The van der Waals surface area contributed by atoms with Crippen LogP contribution >= 0.6 is 0 Å². The average Bonchev–Trinajstić information content (AvgIpc) is 3.04. The number of hydrogen-bond donors (Lipinski definition) is 1. The van der Waals surface area contributed by atoms with E-state index in [1.807, 2.05) is 44.2 Å². The number of amides is 1. The first-order valence-electron chi connectivity index (χ1n) is 8.43. The van der Waals surface area contributed by atoms with Gasteiger partial charge in [0, 0.05) is 24.7 Å². The van der Waals surface area contributed by atoms with Gasteiger partial charge in [-0.3, -0.25) is 4.79 Å². The standard InChI is InChI=1S/C19H22N2O3S/c1-3-19(22)21-12-11-16-13-17(9-10-18(16)21)25(23,24)20-14(2)15-7-5-4-6-8-15/h4-10,13-14,20H,3,11-12H2,1-2H3/t14-/m0/s1.